The van der Waals surface area contributed by atoms with Crippen molar-refractivity contribution in [3.63, 3.8) is 0 Å². The number of carbonyl (C=O) groups is 1. The summed E-state index contributed by atoms with van der Waals surface area (Å²) in [7, 11) is 0. The molecule has 56 valence electrons. The zero-order valence-electron chi connectivity index (χ0n) is 5.27. The van der Waals surface area contributed by atoms with Gasteiger partial charge in [-0.3, -0.25) is 15.3 Å². The minimum absolute atomic E-state index is 0.552. The number of carbonyl (C=O) groups excluding carboxylic acids is 1. The third-order valence-corrected chi connectivity index (χ3v) is 0.785. The van der Waals surface area contributed by atoms with Gasteiger partial charge < -0.3 is 0 Å². The van der Waals surface area contributed by atoms with E-state index >= 15 is 0 Å². The van der Waals surface area contributed by atoms with Gasteiger partial charge in [0.05, 0.1) is 0 Å². The van der Waals surface area contributed by atoms with Crippen LogP contribution >= 0.6 is 0 Å². The molecule has 0 spiro atoms. The molecule has 0 aliphatic heterocycles. The lowest BCUT2D eigenvalue weighted by atomic mass is 10.7. The van der Waals surface area contributed by atoms with Gasteiger partial charge in [0.2, 0.25) is 0 Å². The fraction of sp³-hybridized carbons (Fsp3) is 0. The van der Waals surface area contributed by atoms with Crippen LogP contribution < -0.4 is 0 Å². The summed E-state index contributed by atoms with van der Waals surface area (Å²) < 4.78 is 0. The van der Waals surface area contributed by atoms with Gasteiger partial charge in [-0.2, -0.15) is 0 Å². The maximum absolute atomic E-state index is 10.5. The van der Waals surface area contributed by atoms with Crippen LogP contribution in [0.1, 0.15) is 0 Å². The van der Waals surface area contributed by atoms with Crippen LogP contribution in [0, 0.1) is 0 Å². The zero-order valence-corrected chi connectivity index (χ0v) is 5.27. The van der Waals surface area contributed by atoms with Gasteiger partial charge in [0, 0.05) is 12.4 Å². The van der Waals surface area contributed by atoms with Crippen LogP contribution in [0.15, 0.2) is 25.6 Å². The Balaban J connectivity index is 4.15. The minimum atomic E-state index is -1.04. The summed E-state index contributed by atoms with van der Waals surface area (Å²) in [6.45, 7) is 6.44. The van der Waals surface area contributed by atoms with Crippen LogP contribution in [0.4, 0.5) is 4.79 Å². The highest BCUT2D eigenvalue weighted by Crippen LogP contribution is 1.93. The smallest absolute Gasteiger partial charge is 0.274 e. The summed E-state index contributed by atoms with van der Waals surface area (Å²) in [4.78, 5) is 11.3. The molecule has 10 heavy (non-hydrogen) atoms. The first-order valence-electron chi connectivity index (χ1n) is 2.38. The third-order valence-electron chi connectivity index (χ3n) is 0.785. The van der Waals surface area contributed by atoms with E-state index in [-0.39, 0.29) is 0 Å². The van der Waals surface area contributed by atoms with E-state index in [1.165, 1.54) is 0 Å². The highest BCUT2D eigenvalue weighted by Gasteiger charge is 2.11. The first-order valence-corrected chi connectivity index (χ1v) is 2.38. The number of hydrogen-bond acceptors (Lipinski definition) is 3. The Morgan fingerprint density at radius 1 is 1.30 bits per heavy atom. The molecule has 0 aromatic rings. The van der Waals surface area contributed by atoms with Crippen LogP contribution in [-0.4, -0.2) is 26.6 Å². The van der Waals surface area contributed by atoms with Gasteiger partial charge in [0.1, 0.15) is 0 Å². The average molecular weight is 144 g/mol. The maximum Gasteiger partial charge on any atom is 0.377 e. The second kappa shape index (κ2) is 3.65. The van der Waals surface area contributed by atoms with Gasteiger partial charge >= 0.3 is 6.03 Å². The Hall–Kier alpha value is -1.33. The molecule has 0 fully saturated rings. The molecule has 0 radical (unpaired) electrons. The normalized spacial score (nSPS) is 8.20. The summed E-state index contributed by atoms with van der Waals surface area (Å²) in [5.41, 5.74) is 0. The third kappa shape index (κ3) is 1.88. The Labute approximate surface area is 58.0 Å². The summed E-state index contributed by atoms with van der Waals surface area (Å²) in [6.07, 6.45) is 2.18. The molecule has 5 nitrogen and oxygen atoms in total. The topological polar surface area (TPSA) is 64.0 Å². The first-order chi connectivity index (χ1) is 4.63. The van der Waals surface area contributed by atoms with Crippen molar-refractivity contribution >= 4 is 6.03 Å². The summed E-state index contributed by atoms with van der Waals surface area (Å²) in [5, 5.41) is 15.8. The lowest BCUT2D eigenvalue weighted by Gasteiger charge is -2.13. The highest BCUT2D eigenvalue weighted by molar-refractivity contribution is 5.73. The molecule has 0 aliphatic carbocycles. The standard InChI is InChI=1S/C5H8N2O3/c1-3-6(4-2)5(8)7(9)10/h3-4,9-10H,1-2H2. The molecule has 0 aliphatic rings. The lowest BCUT2D eigenvalue weighted by Crippen LogP contribution is -2.32. The average Bonchev–Trinajstić information content (AvgIpc) is 1.90. The van der Waals surface area contributed by atoms with Crippen molar-refractivity contribution in [2.75, 3.05) is 0 Å². The molecule has 0 aromatic heterocycles. The van der Waals surface area contributed by atoms with Crippen molar-refractivity contribution in [1.29, 1.82) is 0 Å². The van der Waals surface area contributed by atoms with Crippen LogP contribution in [0.2, 0.25) is 0 Å². The fourth-order valence-electron chi connectivity index (χ4n) is 0.334. The molecule has 2 amide bonds. The molecular weight excluding hydrogens is 136 g/mol. The molecular formula is C5H8N2O3. The van der Waals surface area contributed by atoms with E-state index in [4.69, 9.17) is 10.4 Å². The van der Waals surface area contributed by atoms with Crippen LogP contribution in [0.25, 0.3) is 0 Å². The summed E-state index contributed by atoms with van der Waals surface area (Å²) in [6, 6.07) is -1.04. The predicted octanol–water partition coefficient (Wildman–Crippen LogP) is 0.776. The van der Waals surface area contributed by atoms with E-state index in [1.807, 2.05) is 0 Å². The maximum atomic E-state index is 10.5. The fourth-order valence-corrected chi connectivity index (χ4v) is 0.334. The molecule has 0 aromatic carbocycles. The monoisotopic (exact) mass is 144 g/mol. The number of amides is 2. The van der Waals surface area contributed by atoms with Crippen molar-refractivity contribution in [3.05, 3.63) is 25.6 Å². The molecule has 0 rings (SSSR count). The zero-order chi connectivity index (χ0) is 8.15. The highest BCUT2D eigenvalue weighted by atomic mass is 16.8. The van der Waals surface area contributed by atoms with Gasteiger partial charge in [-0.15, -0.1) is 0 Å². The summed E-state index contributed by atoms with van der Waals surface area (Å²) >= 11 is 0. The number of nitrogens with zero attached hydrogens (tertiary/aromatic N) is 2. The number of hydrogen-bond donors (Lipinski definition) is 2. The number of rotatable bonds is 2. The first kappa shape index (κ1) is 8.67. The van der Waals surface area contributed by atoms with Gasteiger partial charge in [0.15, 0.2) is 0 Å². The van der Waals surface area contributed by atoms with Gasteiger partial charge in [-0.25, -0.2) is 4.79 Å². The van der Waals surface area contributed by atoms with Crippen LogP contribution in [0.3, 0.4) is 0 Å². The minimum Gasteiger partial charge on any atom is -0.274 e. The van der Waals surface area contributed by atoms with Gasteiger partial charge in [0.25, 0.3) is 0 Å². The molecule has 2 N–H and O–H groups in total. The van der Waals surface area contributed by atoms with E-state index in [1.54, 1.807) is 0 Å². The summed E-state index contributed by atoms with van der Waals surface area (Å²) in [5.74, 6) is 0. The second-order valence-electron chi connectivity index (χ2n) is 1.34. The Kier molecular flexibility index (Phi) is 3.16. The van der Waals surface area contributed by atoms with Crippen LogP contribution in [0.5, 0.6) is 0 Å². The molecule has 5 heteroatoms. The SMILES string of the molecule is C=CN(C=C)C(=O)N(O)O. The van der Waals surface area contributed by atoms with E-state index in [0.29, 0.717) is 0 Å². The molecule has 0 atom stereocenters. The lowest BCUT2D eigenvalue weighted by molar-refractivity contribution is -0.261. The van der Waals surface area contributed by atoms with Gasteiger partial charge in [-0.05, 0) is 0 Å². The van der Waals surface area contributed by atoms with Crippen molar-refractivity contribution in [1.82, 2.24) is 10.1 Å². The molecule has 0 heterocycles. The predicted molar refractivity (Wildman–Crippen MR) is 33.0 cm³/mol. The molecule has 0 bridgehead atoms. The Morgan fingerprint density at radius 3 is 1.80 bits per heavy atom. The van der Waals surface area contributed by atoms with Gasteiger partial charge in [-0.1, -0.05) is 18.4 Å². The van der Waals surface area contributed by atoms with Crippen molar-refractivity contribution in [3.8, 4) is 0 Å². The quantitative estimate of drug-likeness (QED) is 0.444. The van der Waals surface area contributed by atoms with E-state index in [2.05, 4.69) is 13.2 Å². The molecule has 0 saturated carbocycles. The van der Waals surface area contributed by atoms with E-state index in [0.717, 1.165) is 17.3 Å². The van der Waals surface area contributed by atoms with Crippen molar-refractivity contribution < 1.29 is 15.2 Å². The molecule has 0 unspecified atom stereocenters. The molecule has 0 saturated heterocycles. The largest absolute Gasteiger partial charge is 0.377 e. The van der Waals surface area contributed by atoms with E-state index < -0.39 is 11.3 Å². The van der Waals surface area contributed by atoms with Crippen molar-refractivity contribution in [2.45, 2.75) is 0 Å². The Morgan fingerprint density at radius 2 is 1.70 bits per heavy atom. The Bertz CT molecular complexity index is 147. The second-order valence-corrected chi connectivity index (χ2v) is 1.34. The van der Waals surface area contributed by atoms with Crippen LogP contribution in [-0.2, 0) is 0 Å². The number of urea groups is 1. The van der Waals surface area contributed by atoms with E-state index in [9.17, 15) is 4.79 Å². The van der Waals surface area contributed by atoms with Crippen molar-refractivity contribution in [2.24, 2.45) is 0 Å². The number of hydroxylamine groups is 2.